The Labute approximate surface area is 94.6 Å². The monoisotopic (exact) mass is 218 g/mol. The van der Waals surface area contributed by atoms with Gasteiger partial charge in [-0.2, -0.15) is 0 Å². The zero-order valence-corrected chi connectivity index (χ0v) is 9.31. The van der Waals surface area contributed by atoms with Gasteiger partial charge in [0.2, 0.25) is 6.41 Å². The highest BCUT2D eigenvalue weighted by molar-refractivity contribution is 6.05. The van der Waals surface area contributed by atoms with Crippen molar-refractivity contribution >= 4 is 17.9 Å². The molecule has 1 aromatic rings. The number of benzene rings is 1. The molecule has 16 heavy (non-hydrogen) atoms. The smallest absolute Gasteiger partial charge is 0.211 e. The third-order valence-corrected chi connectivity index (χ3v) is 1.90. The number of carbonyl (C=O) groups excluding carboxylic acids is 2. The molecule has 0 saturated carbocycles. The number of hydrogen-bond acceptors (Lipinski definition) is 3. The normalized spacial score (nSPS) is 10.1. The number of carbonyl (C=O) groups is 2. The van der Waals surface area contributed by atoms with E-state index in [9.17, 15) is 9.59 Å². The van der Waals surface area contributed by atoms with Crippen LogP contribution >= 0.6 is 0 Å². The second-order valence-corrected chi connectivity index (χ2v) is 3.49. The van der Waals surface area contributed by atoms with Crippen LogP contribution in [0.25, 0.3) is 0 Å². The molecule has 0 fully saturated rings. The highest BCUT2D eigenvalue weighted by atomic mass is 16.1. The topological polar surface area (TPSA) is 49.4 Å². The van der Waals surface area contributed by atoms with Crippen molar-refractivity contribution in [2.24, 2.45) is 0 Å². The number of hydrogen-bond donors (Lipinski definition) is 1. The largest absolute Gasteiger partial charge is 0.383 e. The number of ketones is 1. The molecule has 84 valence electrons. The molecule has 1 amide bonds. The summed E-state index contributed by atoms with van der Waals surface area (Å²) in [6, 6.07) is 6.79. The molecule has 0 saturated heterocycles. The lowest BCUT2D eigenvalue weighted by atomic mass is 10.1. The second-order valence-electron chi connectivity index (χ2n) is 3.49. The number of rotatable bonds is 5. The Kier molecular flexibility index (Phi) is 4.27. The van der Waals surface area contributed by atoms with Gasteiger partial charge in [-0.15, -0.1) is 0 Å². The van der Waals surface area contributed by atoms with Crippen molar-refractivity contribution in [2.45, 2.75) is 0 Å². The van der Waals surface area contributed by atoms with E-state index in [0.29, 0.717) is 17.7 Å². The first-order valence-electron chi connectivity index (χ1n) is 4.82. The zero-order valence-electron chi connectivity index (χ0n) is 9.31. The molecule has 4 nitrogen and oxygen atoms in total. The minimum absolute atomic E-state index is 0.0942. The molecule has 0 radical (unpaired) electrons. The van der Waals surface area contributed by atoms with Gasteiger partial charge in [0.05, 0.1) is 0 Å². The molecule has 0 atom stereocenters. The van der Waals surface area contributed by atoms with Crippen LogP contribution in [-0.4, -0.2) is 31.2 Å². The summed E-state index contributed by atoms with van der Waals surface area (Å²) in [6.45, 7) is 0. The van der Waals surface area contributed by atoms with E-state index < -0.39 is 0 Å². The lowest BCUT2D eigenvalue weighted by Gasteiger charge is -2.03. The Bertz CT molecular complexity index is 411. The summed E-state index contributed by atoms with van der Waals surface area (Å²) in [6.07, 6.45) is 3.75. The second kappa shape index (κ2) is 5.70. The minimum Gasteiger partial charge on any atom is -0.383 e. The maximum absolute atomic E-state index is 11.7. The standard InChI is InChI=1S/C12H14N2O2/c1-14(2)7-6-12(16)10-4-3-5-11(8-10)13-9-15/h3-9H,1-2H3,(H,13,15). The van der Waals surface area contributed by atoms with Crippen LogP contribution < -0.4 is 5.32 Å². The lowest BCUT2D eigenvalue weighted by molar-refractivity contribution is -0.105. The van der Waals surface area contributed by atoms with Crippen molar-refractivity contribution in [1.82, 2.24) is 4.90 Å². The molecule has 0 spiro atoms. The first kappa shape index (κ1) is 12.0. The molecule has 0 aliphatic carbocycles. The number of nitrogens with zero attached hydrogens (tertiary/aromatic N) is 1. The maximum atomic E-state index is 11.7. The first-order valence-corrected chi connectivity index (χ1v) is 4.82. The molecule has 0 bridgehead atoms. The first-order chi connectivity index (χ1) is 7.63. The zero-order chi connectivity index (χ0) is 12.0. The van der Waals surface area contributed by atoms with Gasteiger partial charge < -0.3 is 10.2 Å². The van der Waals surface area contributed by atoms with Crippen molar-refractivity contribution in [3.63, 3.8) is 0 Å². The van der Waals surface area contributed by atoms with Crippen LogP contribution in [0, 0.1) is 0 Å². The van der Waals surface area contributed by atoms with Crippen LogP contribution in [0.5, 0.6) is 0 Å². The van der Waals surface area contributed by atoms with E-state index in [2.05, 4.69) is 5.32 Å². The fraction of sp³-hybridized carbons (Fsp3) is 0.167. The summed E-state index contributed by atoms with van der Waals surface area (Å²) in [4.78, 5) is 23.7. The van der Waals surface area contributed by atoms with Crippen molar-refractivity contribution < 1.29 is 9.59 Å². The Balaban J connectivity index is 2.83. The molecule has 0 aromatic heterocycles. The van der Waals surface area contributed by atoms with Crippen LogP contribution in [0.4, 0.5) is 5.69 Å². The Morgan fingerprint density at radius 1 is 1.38 bits per heavy atom. The molecule has 4 heteroatoms. The number of nitrogens with one attached hydrogen (secondary N) is 1. The number of amides is 1. The predicted molar refractivity (Wildman–Crippen MR) is 63.3 cm³/mol. The quantitative estimate of drug-likeness (QED) is 0.463. The molecule has 1 N–H and O–H groups in total. The van der Waals surface area contributed by atoms with Crippen LogP contribution in [0.2, 0.25) is 0 Å². The average Bonchev–Trinajstić information content (AvgIpc) is 2.26. The van der Waals surface area contributed by atoms with Gasteiger partial charge in [-0.05, 0) is 12.1 Å². The minimum atomic E-state index is -0.0942. The highest BCUT2D eigenvalue weighted by Gasteiger charge is 2.02. The maximum Gasteiger partial charge on any atom is 0.211 e. The van der Waals surface area contributed by atoms with Gasteiger partial charge in [-0.3, -0.25) is 9.59 Å². The molecular weight excluding hydrogens is 204 g/mol. The van der Waals surface area contributed by atoms with Crippen molar-refractivity contribution in [3.05, 3.63) is 42.1 Å². The molecule has 0 unspecified atom stereocenters. The summed E-state index contributed by atoms with van der Waals surface area (Å²) in [5, 5.41) is 2.50. The van der Waals surface area contributed by atoms with Crippen LogP contribution in [0.15, 0.2) is 36.5 Å². The Hall–Kier alpha value is -2.10. The SMILES string of the molecule is CN(C)C=CC(=O)c1cccc(NC=O)c1. The number of anilines is 1. The van der Waals surface area contributed by atoms with Gasteiger partial charge in [0.25, 0.3) is 0 Å². The molecule has 0 aliphatic rings. The van der Waals surface area contributed by atoms with Crippen molar-refractivity contribution in [1.29, 1.82) is 0 Å². The summed E-state index contributed by atoms with van der Waals surface area (Å²) in [7, 11) is 3.68. The summed E-state index contributed by atoms with van der Waals surface area (Å²) >= 11 is 0. The van der Waals surface area contributed by atoms with E-state index in [1.165, 1.54) is 6.08 Å². The third-order valence-electron chi connectivity index (χ3n) is 1.90. The molecular formula is C12H14N2O2. The molecule has 0 heterocycles. The van der Waals surface area contributed by atoms with Gasteiger partial charge in [-0.1, -0.05) is 12.1 Å². The summed E-state index contributed by atoms with van der Waals surface area (Å²) in [5.41, 5.74) is 1.16. The molecule has 0 aliphatic heterocycles. The summed E-state index contributed by atoms with van der Waals surface area (Å²) < 4.78 is 0. The Morgan fingerprint density at radius 2 is 2.12 bits per heavy atom. The van der Waals surface area contributed by atoms with E-state index in [1.54, 1.807) is 35.4 Å². The van der Waals surface area contributed by atoms with Crippen molar-refractivity contribution in [3.8, 4) is 0 Å². The van der Waals surface area contributed by atoms with Gasteiger partial charge in [0.15, 0.2) is 5.78 Å². The van der Waals surface area contributed by atoms with Crippen LogP contribution in [-0.2, 0) is 4.79 Å². The van der Waals surface area contributed by atoms with Gasteiger partial charge in [-0.25, -0.2) is 0 Å². The fourth-order valence-corrected chi connectivity index (χ4v) is 1.14. The summed E-state index contributed by atoms with van der Waals surface area (Å²) in [5.74, 6) is -0.0942. The van der Waals surface area contributed by atoms with Crippen molar-refractivity contribution in [2.75, 3.05) is 19.4 Å². The average molecular weight is 218 g/mol. The van der Waals surface area contributed by atoms with E-state index in [4.69, 9.17) is 0 Å². The van der Waals surface area contributed by atoms with Gasteiger partial charge in [0.1, 0.15) is 0 Å². The lowest BCUT2D eigenvalue weighted by Crippen LogP contribution is -2.03. The predicted octanol–water partition coefficient (Wildman–Crippen LogP) is 1.51. The van der Waals surface area contributed by atoms with E-state index >= 15 is 0 Å². The Morgan fingerprint density at radius 3 is 2.75 bits per heavy atom. The number of allylic oxidation sites excluding steroid dienone is 1. The third kappa shape index (κ3) is 3.57. The molecule has 1 rings (SSSR count). The van der Waals surface area contributed by atoms with Gasteiger partial charge >= 0.3 is 0 Å². The van der Waals surface area contributed by atoms with E-state index in [1.807, 2.05) is 14.1 Å². The fourth-order valence-electron chi connectivity index (χ4n) is 1.14. The van der Waals surface area contributed by atoms with Crippen LogP contribution in [0.3, 0.4) is 0 Å². The van der Waals surface area contributed by atoms with E-state index in [0.717, 1.165) is 0 Å². The van der Waals surface area contributed by atoms with E-state index in [-0.39, 0.29) is 5.78 Å². The van der Waals surface area contributed by atoms with Gasteiger partial charge in [0, 0.05) is 37.6 Å². The highest BCUT2D eigenvalue weighted by Crippen LogP contribution is 2.10. The van der Waals surface area contributed by atoms with Crippen LogP contribution in [0.1, 0.15) is 10.4 Å². The molecule has 1 aromatic carbocycles.